The van der Waals surface area contributed by atoms with Gasteiger partial charge < -0.3 is 10.1 Å². The van der Waals surface area contributed by atoms with Gasteiger partial charge in [-0.05, 0) is 42.7 Å². The lowest BCUT2D eigenvalue weighted by Gasteiger charge is -2.32. The highest BCUT2D eigenvalue weighted by molar-refractivity contribution is 5.51. The molecule has 0 spiro atoms. The molecule has 0 atom stereocenters. The summed E-state index contributed by atoms with van der Waals surface area (Å²) in [5.74, 6) is 0.603. The standard InChI is InChI=1S/C19H21FN4O/c1-25-18-5-4-14(11-17(18)20)13-24-9-6-16(7-10-24)23-19-15(12-21)3-2-8-22-19/h2-5,8,11,16H,6-7,9-10,13H2,1H3,(H,22,23). The average molecular weight is 340 g/mol. The zero-order chi connectivity index (χ0) is 17.6. The fourth-order valence-electron chi connectivity index (χ4n) is 3.11. The molecular weight excluding hydrogens is 319 g/mol. The first-order valence-electron chi connectivity index (χ1n) is 8.36. The third kappa shape index (κ3) is 4.25. The molecule has 6 heteroatoms. The zero-order valence-electron chi connectivity index (χ0n) is 14.2. The molecule has 0 saturated carbocycles. The second-order valence-electron chi connectivity index (χ2n) is 6.18. The summed E-state index contributed by atoms with van der Waals surface area (Å²) in [6, 6.07) is 11.1. The molecule has 2 aromatic rings. The quantitative estimate of drug-likeness (QED) is 0.906. The van der Waals surface area contributed by atoms with Gasteiger partial charge in [0.2, 0.25) is 0 Å². The Morgan fingerprint density at radius 1 is 1.36 bits per heavy atom. The lowest BCUT2D eigenvalue weighted by Crippen LogP contribution is -2.38. The summed E-state index contributed by atoms with van der Waals surface area (Å²) < 4.78 is 18.7. The van der Waals surface area contributed by atoms with Crippen molar-refractivity contribution in [2.45, 2.75) is 25.4 Å². The van der Waals surface area contributed by atoms with Gasteiger partial charge in [0.25, 0.3) is 0 Å². The van der Waals surface area contributed by atoms with Crippen LogP contribution in [-0.2, 0) is 6.54 Å². The number of hydrogen-bond acceptors (Lipinski definition) is 5. The molecule has 1 aromatic heterocycles. The van der Waals surface area contributed by atoms with Crippen molar-refractivity contribution in [3.8, 4) is 11.8 Å². The Hall–Kier alpha value is -2.65. The van der Waals surface area contributed by atoms with Crippen LogP contribution < -0.4 is 10.1 Å². The van der Waals surface area contributed by atoms with E-state index in [9.17, 15) is 4.39 Å². The van der Waals surface area contributed by atoms with E-state index in [1.165, 1.54) is 13.2 Å². The third-order valence-electron chi connectivity index (χ3n) is 4.48. The van der Waals surface area contributed by atoms with Crippen LogP contribution in [0.5, 0.6) is 5.75 Å². The molecule has 1 fully saturated rings. The number of nitriles is 1. The third-order valence-corrected chi connectivity index (χ3v) is 4.48. The first kappa shape index (κ1) is 17.2. The summed E-state index contributed by atoms with van der Waals surface area (Å²) in [6.07, 6.45) is 3.61. The van der Waals surface area contributed by atoms with Crippen molar-refractivity contribution in [1.29, 1.82) is 5.26 Å². The number of aromatic nitrogens is 1. The molecule has 2 heterocycles. The maximum Gasteiger partial charge on any atom is 0.165 e. The maximum atomic E-state index is 13.8. The summed E-state index contributed by atoms with van der Waals surface area (Å²) in [7, 11) is 1.47. The van der Waals surface area contributed by atoms with Crippen LogP contribution in [0.25, 0.3) is 0 Å². The summed E-state index contributed by atoms with van der Waals surface area (Å²) in [6.45, 7) is 2.56. The van der Waals surface area contributed by atoms with Crippen molar-refractivity contribution in [1.82, 2.24) is 9.88 Å². The van der Waals surface area contributed by atoms with Gasteiger partial charge in [0.05, 0.1) is 12.7 Å². The molecule has 3 rings (SSSR count). The minimum atomic E-state index is -0.323. The van der Waals surface area contributed by atoms with Gasteiger partial charge in [-0.3, -0.25) is 4.90 Å². The van der Waals surface area contributed by atoms with Crippen LogP contribution in [0.4, 0.5) is 10.2 Å². The average Bonchev–Trinajstić information content (AvgIpc) is 2.64. The van der Waals surface area contributed by atoms with Gasteiger partial charge in [-0.15, -0.1) is 0 Å². The van der Waals surface area contributed by atoms with Crippen molar-refractivity contribution in [2.75, 3.05) is 25.5 Å². The van der Waals surface area contributed by atoms with Crippen molar-refractivity contribution in [3.63, 3.8) is 0 Å². The molecule has 0 aliphatic carbocycles. The normalized spacial score (nSPS) is 15.6. The topological polar surface area (TPSA) is 61.2 Å². The van der Waals surface area contributed by atoms with E-state index in [4.69, 9.17) is 10.00 Å². The molecule has 1 saturated heterocycles. The highest BCUT2D eigenvalue weighted by Gasteiger charge is 2.20. The largest absolute Gasteiger partial charge is 0.494 e. The van der Waals surface area contributed by atoms with E-state index in [0.717, 1.165) is 38.0 Å². The number of methoxy groups -OCH3 is 1. The second kappa shape index (κ2) is 7.95. The van der Waals surface area contributed by atoms with Crippen LogP contribution in [-0.4, -0.2) is 36.1 Å². The van der Waals surface area contributed by atoms with Gasteiger partial charge in [-0.1, -0.05) is 6.07 Å². The minimum absolute atomic E-state index is 0.273. The van der Waals surface area contributed by atoms with E-state index < -0.39 is 0 Å². The molecule has 0 unspecified atom stereocenters. The Kier molecular flexibility index (Phi) is 5.46. The Balaban J connectivity index is 1.54. The number of rotatable bonds is 5. The SMILES string of the molecule is COc1ccc(CN2CCC(Nc3ncccc3C#N)CC2)cc1F. The van der Waals surface area contributed by atoms with E-state index >= 15 is 0 Å². The predicted molar refractivity (Wildman–Crippen MR) is 93.8 cm³/mol. The summed E-state index contributed by atoms with van der Waals surface area (Å²) in [5.41, 5.74) is 1.51. The first-order chi connectivity index (χ1) is 12.2. The molecule has 1 aliphatic rings. The molecule has 0 bridgehead atoms. The monoisotopic (exact) mass is 340 g/mol. The summed E-state index contributed by atoms with van der Waals surface area (Å²) >= 11 is 0. The van der Waals surface area contributed by atoms with Crippen molar-refractivity contribution in [3.05, 3.63) is 53.5 Å². The predicted octanol–water partition coefficient (Wildman–Crippen LogP) is 3.18. The number of pyridine rings is 1. The van der Waals surface area contributed by atoms with Crippen molar-refractivity contribution in [2.24, 2.45) is 0 Å². The van der Waals surface area contributed by atoms with E-state index in [2.05, 4.69) is 21.3 Å². The van der Waals surface area contributed by atoms with Crippen LogP contribution in [0.15, 0.2) is 36.5 Å². The number of anilines is 1. The fourth-order valence-corrected chi connectivity index (χ4v) is 3.11. The Morgan fingerprint density at radius 2 is 2.16 bits per heavy atom. The molecule has 130 valence electrons. The van der Waals surface area contributed by atoms with Crippen LogP contribution in [0.2, 0.25) is 0 Å². The smallest absolute Gasteiger partial charge is 0.165 e. The maximum absolute atomic E-state index is 13.8. The van der Waals surface area contributed by atoms with E-state index in [-0.39, 0.29) is 11.6 Å². The molecule has 25 heavy (non-hydrogen) atoms. The first-order valence-corrected chi connectivity index (χ1v) is 8.36. The number of hydrogen-bond donors (Lipinski definition) is 1. The van der Waals surface area contributed by atoms with Crippen molar-refractivity contribution < 1.29 is 9.13 Å². The van der Waals surface area contributed by atoms with Gasteiger partial charge in [0, 0.05) is 31.9 Å². The van der Waals surface area contributed by atoms with Gasteiger partial charge in [-0.25, -0.2) is 9.37 Å². The second-order valence-corrected chi connectivity index (χ2v) is 6.18. The number of piperidine rings is 1. The number of likely N-dealkylation sites (tertiary alicyclic amines) is 1. The molecule has 0 radical (unpaired) electrons. The van der Waals surface area contributed by atoms with Crippen LogP contribution in [0.1, 0.15) is 24.0 Å². The summed E-state index contributed by atoms with van der Waals surface area (Å²) in [5, 5.41) is 12.5. The summed E-state index contributed by atoms with van der Waals surface area (Å²) in [4.78, 5) is 6.56. The Labute approximate surface area is 147 Å². The molecule has 5 nitrogen and oxygen atoms in total. The van der Waals surface area contributed by atoms with Gasteiger partial charge >= 0.3 is 0 Å². The lowest BCUT2D eigenvalue weighted by molar-refractivity contribution is 0.211. The number of benzene rings is 1. The van der Waals surface area contributed by atoms with Crippen LogP contribution in [0, 0.1) is 17.1 Å². The highest BCUT2D eigenvalue weighted by Crippen LogP contribution is 2.21. The number of nitrogens with zero attached hydrogens (tertiary/aromatic N) is 3. The highest BCUT2D eigenvalue weighted by atomic mass is 19.1. The number of nitrogens with one attached hydrogen (secondary N) is 1. The molecule has 0 amide bonds. The van der Waals surface area contributed by atoms with Crippen molar-refractivity contribution >= 4 is 5.82 Å². The van der Waals surface area contributed by atoms with Crippen LogP contribution >= 0.6 is 0 Å². The van der Waals surface area contributed by atoms with E-state index in [1.54, 1.807) is 24.4 Å². The number of ether oxygens (including phenoxy) is 1. The van der Waals surface area contributed by atoms with Gasteiger partial charge in [0.15, 0.2) is 11.6 Å². The van der Waals surface area contributed by atoms with Gasteiger partial charge in [0.1, 0.15) is 11.9 Å². The van der Waals surface area contributed by atoms with Crippen LogP contribution in [0.3, 0.4) is 0 Å². The zero-order valence-corrected chi connectivity index (χ0v) is 14.2. The fraction of sp³-hybridized carbons (Fsp3) is 0.368. The molecule has 1 N–H and O–H groups in total. The number of halogens is 1. The Morgan fingerprint density at radius 3 is 2.84 bits per heavy atom. The lowest BCUT2D eigenvalue weighted by atomic mass is 10.0. The van der Waals surface area contributed by atoms with E-state index in [0.29, 0.717) is 17.4 Å². The van der Waals surface area contributed by atoms with E-state index in [1.807, 2.05) is 6.07 Å². The van der Waals surface area contributed by atoms with Gasteiger partial charge in [-0.2, -0.15) is 5.26 Å². The Bertz CT molecular complexity index is 766. The molecule has 1 aliphatic heterocycles. The molecule has 1 aromatic carbocycles. The molecular formula is C19H21FN4O. The minimum Gasteiger partial charge on any atom is -0.494 e.